The molecular weight excluding hydrogens is 311 g/mol. The fraction of sp³-hybridized carbons (Fsp3) is 0.778. The molecule has 0 heterocycles. The minimum absolute atomic E-state index is 0.184. The summed E-state index contributed by atoms with van der Waals surface area (Å²) in [7, 11) is 1.69. The Morgan fingerprint density at radius 2 is 2.12 bits per heavy atom. The second-order valence-electron chi connectivity index (χ2n) is 3.30. The van der Waals surface area contributed by atoms with Crippen LogP contribution in [0.4, 0.5) is 0 Å². The number of alkyl halides is 2. The van der Waals surface area contributed by atoms with Crippen LogP contribution in [0.2, 0.25) is 0 Å². The van der Waals surface area contributed by atoms with Crippen molar-refractivity contribution in [3.8, 4) is 0 Å². The lowest BCUT2D eigenvalue weighted by atomic mass is 10.5. The van der Waals surface area contributed by atoms with Gasteiger partial charge in [-0.15, -0.1) is 11.6 Å². The number of hydrogen-bond donors (Lipinski definition) is 3. The summed E-state index contributed by atoms with van der Waals surface area (Å²) < 4.78 is 0. The van der Waals surface area contributed by atoms with E-state index in [1.54, 1.807) is 12.1 Å². The normalized spacial score (nSPS) is 12.3. The van der Waals surface area contributed by atoms with Gasteiger partial charge in [-0.3, -0.25) is 15.0 Å². The van der Waals surface area contributed by atoms with Crippen LogP contribution in [0, 0.1) is 0 Å². The van der Waals surface area contributed by atoms with Gasteiger partial charge < -0.3 is 10.6 Å². The number of hydrazine groups is 1. The molecule has 100 valence electrons. The van der Waals surface area contributed by atoms with Gasteiger partial charge in [0.2, 0.25) is 5.91 Å². The molecule has 0 bridgehead atoms. The molecule has 8 heteroatoms. The summed E-state index contributed by atoms with van der Waals surface area (Å²) in [6, 6.07) is 0. The van der Waals surface area contributed by atoms with Gasteiger partial charge in [-0.1, -0.05) is 22.9 Å². The first-order chi connectivity index (χ1) is 8.01. The van der Waals surface area contributed by atoms with Crippen molar-refractivity contribution in [2.75, 3.05) is 32.6 Å². The van der Waals surface area contributed by atoms with Crippen LogP contribution in [0.5, 0.6) is 0 Å². The van der Waals surface area contributed by atoms with E-state index in [1.165, 1.54) is 0 Å². The van der Waals surface area contributed by atoms with Gasteiger partial charge in [-0.05, 0) is 6.54 Å². The van der Waals surface area contributed by atoms with E-state index in [1.807, 2.05) is 6.92 Å². The van der Waals surface area contributed by atoms with Gasteiger partial charge >= 0.3 is 0 Å². The lowest BCUT2D eigenvalue weighted by Gasteiger charge is -2.19. The highest BCUT2D eigenvalue weighted by atomic mass is 79.9. The number of amides is 2. The van der Waals surface area contributed by atoms with E-state index in [4.69, 9.17) is 11.6 Å². The molecule has 1 atom stereocenters. The van der Waals surface area contributed by atoms with Crippen molar-refractivity contribution in [1.82, 2.24) is 21.1 Å². The standard InChI is InChI=1S/C9H18BrClN4O2/c1-3-12-6-7(16)13-8(10)9(17)14-15(2)5-4-11/h8,12H,3-6H2,1-2H3,(H,13,16)(H,14,17). The van der Waals surface area contributed by atoms with Crippen molar-refractivity contribution in [1.29, 1.82) is 0 Å². The molecule has 0 spiro atoms. The zero-order valence-electron chi connectivity index (χ0n) is 9.93. The Balaban J connectivity index is 3.92. The Morgan fingerprint density at radius 3 is 2.65 bits per heavy atom. The lowest BCUT2D eigenvalue weighted by molar-refractivity contribution is -0.128. The number of nitrogens with zero attached hydrogens (tertiary/aromatic N) is 1. The lowest BCUT2D eigenvalue weighted by Crippen LogP contribution is -2.50. The van der Waals surface area contributed by atoms with Crippen molar-refractivity contribution in [3.63, 3.8) is 0 Å². The van der Waals surface area contributed by atoms with Crippen molar-refractivity contribution >= 4 is 39.3 Å². The zero-order chi connectivity index (χ0) is 13.3. The monoisotopic (exact) mass is 328 g/mol. The van der Waals surface area contributed by atoms with Crippen LogP contribution in [0.1, 0.15) is 6.92 Å². The molecule has 0 fully saturated rings. The van der Waals surface area contributed by atoms with Crippen LogP contribution in [-0.2, 0) is 9.59 Å². The number of carbonyl (C=O) groups is 2. The summed E-state index contributed by atoms with van der Waals surface area (Å²) in [5.74, 6) is -0.178. The topological polar surface area (TPSA) is 73.5 Å². The summed E-state index contributed by atoms with van der Waals surface area (Å²) in [4.78, 5) is 22.1. The number of hydrogen-bond acceptors (Lipinski definition) is 4. The first-order valence-electron chi connectivity index (χ1n) is 5.23. The number of rotatable bonds is 8. The molecule has 0 saturated heterocycles. The molecule has 0 saturated carbocycles. The summed E-state index contributed by atoms with van der Waals surface area (Å²) in [6.45, 7) is 3.31. The van der Waals surface area contributed by atoms with E-state index in [-0.39, 0.29) is 18.4 Å². The molecule has 6 nitrogen and oxygen atoms in total. The minimum Gasteiger partial charge on any atom is -0.334 e. The summed E-state index contributed by atoms with van der Waals surface area (Å²) >= 11 is 8.60. The van der Waals surface area contributed by atoms with Gasteiger partial charge in [-0.25, -0.2) is 5.01 Å². The van der Waals surface area contributed by atoms with Gasteiger partial charge in [0.15, 0.2) is 4.95 Å². The highest BCUT2D eigenvalue weighted by Gasteiger charge is 2.17. The molecule has 0 aliphatic heterocycles. The Bertz CT molecular complexity index is 255. The largest absolute Gasteiger partial charge is 0.334 e. The number of likely N-dealkylation sites (N-methyl/N-ethyl adjacent to an activating group) is 1. The first kappa shape index (κ1) is 16.6. The Morgan fingerprint density at radius 1 is 1.47 bits per heavy atom. The fourth-order valence-corrected chi connectivity index (χ4v) is 1.54. The van der Waals surface area contributed by atoms with Gasteiger partial charge in [0.05, 0.1) is 6.54 Å². The molecule has 0 radical (unpaired) electrons. The van der Waals surface area contributed by atoms with E-state index >= 15 is 0 Å². The summed E-state index contributed by atoms with van der Waals surface area (Å²) in [5, 5.41) is 6.92. The van der Waals surface area contributed by atoms with Gasteiger partial charge in [0.1, 0.15) is 0 Å². The average molecular weight is 330 g/mol. The maximum atomic E-state index is 11.6. The van der Waals surface area contributed by atoms with E-state index in [0.29, 0.717) is 19.0 Å². The molecule has 17 heavy (non-hydrogen) atoms. The quantitative estimate of drug-likeness (QED) is 0.323. The molecule has 3 N–H and O–H groups in total. The molecule has 0 aliphatic rings. The van der Waals surface area contributed by atoms with Gasteiger partial charge in [0.25, 0.3) is 5.91 Å². The molecule has 0 aliphatic carbocycles. The minimum atomic E-state index is -0.758. The number of halogens is 2. The van der Waals surface area contributed by atoms with Crippen LogP contribution in [0.25, 0.3) is 0 Å². The highest BCUT2D eigenvalue weighted by Crippen LogP contribution is 1.95. The van der Waals surface area contributed by atoms with Gasteiger partial charge in [-0.2, -0.15) is 0 Å². The Labute approximate surface area is 115 Å². The molecule has 0 aromatic heterocycles. The third-order valence-electron chi connectivity index (χ3n) is 1.77. The summed E-state index contributed by atoms with van der Waals surface area (Å²) in [6.07, 6.45) is 0. The second kappa shape index (κ2) is 9.64. The molecule has 0 aromatic carbocycles. The zero-order valence-corrected chi connectivity index (χ0v) is 12.3. The SMILES string of the molecule is CCNCC(=O)NC(Br)C(=O)NN(C)CCCl. The Hall–Kier alpha value is -0.370. The van der Waals surface area contributed by atoms with Crippen LogP contribution >= 0.6 is 27.5 Å². The second-order valence-corrected chi connectivity index (χ2v) is 4.59. The fourth-order valence-electron chi connectivity index (χ4n) is 0.924. The Kier molecular flexibility index (Phi) is 9.43. The van der Waals surface area contributed by atoms with E-state index in [0.717, 1.165) is 0 Å². The third-order valence-corrected chi connectivity index (χ3v) is 2.59. The van der Waals surface area contributed by atoms with Crippen LogP contribution < -0.4 is 16.1 Å². The first-order valence-corrected chi connectivity index (χ1v) is 6.68. The van der Waals surface area contributed by atoms with Crippen molar-refractivity contribution < 1.29 is 9.59 Å². The molecule has 1 unspecified atom stereocenters. The summed E-state index contributed by atoms with van der Waals surface area (Å²) in [5.41, 5.74) is 2.57. The maximum absolute atomic E-state index is 11.6. The predicted octanol–water partition coefficient (Wildman–Crippen LogP) is -0.365. The smallest absolute Gasteiger partial charge is 0.267 e. The number of carbonyl (C=O) groups excluding carboxylic acids is 2. The van der Waals surface area contributed by atoms with E-state index in [9.17, 15) is 9.59 Å². The van der Waals surface area contributed by atoms with Crippen LogP contribution in [-0.4, -0.2) is 54.3 Å². The predicted molar refractivity (Wildman–Crippen MR) is 70.9 cm³/mol. The van der Waals surface area contributed by atoms with Crippen LogP contribution in [0.3, 0.4) is 0 Å². The molecule has 2 amide bonds. The van der Waals surface area contributed by atoms with Crippen molar-refractivity contribution in [2.45, 2.75) is 11.9 Å². The van der Waals surface area contributed by atoms with Crippen LogP contribution in [0.15, 0.2) is 0 Å². The van der Waals surface area contributed by atoms with Crippen molar-refractivity contribution in [3.05, 3.63) is 0 Å². The maximum Gasteiger partial charge on any atom is 0.267 e. The number of nitrogens with one attached hydrogen (secondary N) is 3. The average Bonchev–Trinajstić information content (AvgIpc) is 2.26. The van der Waals surface area contributed by atoms with E-state index in [2.05, 4.69) is 32.0 Å². The van der Waals surface area contributed by atoms with E-state index < -0.39 is 4.95 Å². The van der Waals surface area contributed by atoms with Crippen molar-refractivity contribution in [2.24, 2.45) is 0 Å². The molecule has 0 aromatic rings. The molecule has 0 rings (SSSR count). The molecular formula is C9H18BrClN4O2. The third kappa shape index (κ3) is 8.37. The highest BCUT2D eigenvalue weighted by molar-refractivity contribution is 9.10. The van der Waals surface area contributed by atoms with Gasteiger partial charge in [0, 0.05) is 19.5 Å².